The molecule has 19 heavy (non-hydrogen) atoms. The topological polar surface area (TPSA) is 50.2 Å². The lowest BCUT2D eigenvalue weighted by atomic mass is 9.96. The van der Waals surface area contributed by atoms with Gasteiger partial charge in [0.05, 0.1) is 11.1 Å². The fourth-order valence-electron chi connectivity index (χ4n) is 2.24. The van der Waals surface area contributed by atoms with E-state index in [1.807, 2.05) is 26.8 Å². The number of hydrogen-bond donors (Lipinski definition) is 1. The van der Waals surface area contributed by atoms with Gasteiger partial charge in [0.15, 0.2) is 0 Å². The molecule has 0 amide bonds. The number of carboxylic acid groups (broad SMARTS) is 1. The van der Waals surface area contributed by atoms with Crippen molar-refractivity contribution in [1.29, 1.82) is 0 Å². The van der Waals surface area contributed by atoms with Crippen molar-refractivity contribution in [1.82, 2.24) is 4.98 Å². The molecule has 1 heterocycles. The van der Waals surface area contributed by atoms with Crippen molar-refractivity contribution < 1.29 is 9.90 Å². The molecule has 0 bridgehead atoms. The van der Waals surface area contributed by atoms with Crippen molar-refractivity contribution in [3.8, 4) is 0 Å². The van der Waals surface area contributed by atoms with Crippen molar-refractivity contribution in [3.05, 3.63) is 37.9 Å². The minimum Gasteiger partial charge on any atom is -0.478 e. The highest BCUT2D eigenvalue weighted by atomic mass is 79.9. The lowest BCUT2D eigenvalue weighted by Gasteiger charge is -2.15. The zero-order valence-corrected chi connectivity index (χ0v) is 14.0. The maximum Gasteiger partial charge on any atom is 0.336 e. The molecule has 0 saturated carbocycles. The summed E-state index contributed by atoms with van der Waals surface area (Å²) < 4.78 is 1.62. The lowest BCUT2D eigenvalue weighted by molar-refractivity contribution is 0.0698. The third-order valence-corrected chi connectivity index (χ3v) is 4.11. The van der Waals surface area contributed by atoms with Crippen LogP contribution in [-0.2, 0) is 0 Å². The minimum absolute atomic E-state index is 0.179. The first kappa shape index (κ1) is 14.5. The van der Waals surface area contributed by atoms with E-state index in [0.717, 1.165) is 20.2 Å². The largest absolute Gasteiger partial charge is 0.478 e. The van der Waals surface area contributed by atoms with E-state index in [0.29, 0.717) is 16.5 Å². The van der Waals surface area contributed by atoms with E-state index in [2.05, 4.69) is 36.8 Å². The fourth-order valence-corrected chi connectivity index (χ4v) is 3.56. The second-order valence-electron chi connectivity index (χ2n) is 4.74. The van der Waals surface area contributed by atoms with Gasteiger partial charge >= 0.3 is 5.97 Å². The van der Waals surface area contributed by atoms with Crippen LogP contribution in [0.4, 0.5) is 0 Å². The van der Waals surface area contributed by atoms with E-state index in [9.17, 15) is 9.90 Å². The summed E-state index contributed by atoms with van der Waals surface area (Å²) in [4.78, 5) is 16.2. The standard InChI is InChI=1S/C14H13Br2NO2/c1-6(2)12-7(3)11(14(18)19)9-4-8(15)5-10(16)13(9)17-12/h4-6H,1-3H3,(H,18,19). The number of pyridine rings is 1. The maximum absolute atomic E-state index is 11.6. The predicted molar refractivity (Wildman–Crippen MR) is 82.9 cm³/mol. The van der Waals surface area contributed by atoms with Crippen molar-refractivity contribution >= 4 is 48.7 Å². The Labute approximate surface area is 128 Å². The number of hydrogen-bond acceptors (Lipinski definition) is 2. The van der Waals surface area contributed by atoms with Crippen LogP contribution in [0.25, 0.3) is 10.9 Å². The van der Waals surface area contributed by atoms with Crippen LogP contribution in [0.1, 0.15) is 41.4 Å². The van der Waals surface area contributed by atoms with Gasteiger partial charge in [-0.1, -0.05) is 29.8 Å². The molecule has 0 fully saturated rings. The zero-order valence-electron chi connectivity index (χ0n) is 10.8. The smallest absolute Gasteiger partial charge is 0.336 e. The molecule has 1 aromatic carbocycles. The summed E-state index contributed by atoms with van der Waals surface area (Å²) in [6.45, 7) is 5.85. The van der Waals surface area contributed by atoms with Gasteiger partial charge in [0.2, 0.25) is 0 Å². The molecule has 0 atom stereocenters. The van der Waals surface area contributed by atoms with Crippen LogP contribution in [0.2, 0.25) is 0 Å². The molecule has 1 aromatic heterocycles. The molecule has 0 aliphatic heterocycles. The van der Waals surface area contributed by atoms with Crippen molar-refractivity contribution in [2.75, 3.05) is 0 Å². The zero-order chi connectivity index (χ0) is 14.3. The van der Waals surface area contributed by atoms with Crippen LogP contribution in [0.15, 0.2) is 21.1 Å². The van der Waals surface area contributed by atoms with E-state index in [4.69, 9.17) is 0 Å². The number of rotatable bonds is 2. The van der Waals surface area contributed by atoms with Crippen LogP contribution in [0, 0.1) is 6.92 Å². The lowest BCUT2D eigenvalue weighted by Crippen LogP contribution is -2.08. The van der Waals surface area contributed by atoms with Crippen LogP contribution >= 0.6 is 31.9 Å². The number of fused-ring (bicyclic) bond motifs is 1. The summed E-state index contributed by atoms with van der Waals surface area (Å²) in [7, 11) is 0. The van der Waals surface area contributed by atoms with E-state index >= 15 is 0 Å². The number of benzene rings is 1. The highest BCUT2D eigenvalue weighted by molar-refractivity contribution is 9.11. The van der Waals surface area contributed by atoms with Crippen LogP contribution in [0.3, 0.4) is 0 Å². The maximum atomic E-state index is 11.6. The Balaban J connectivity index is 3.00. The summed E-state index contributed by atoms with van der Waals surface area (Å²) in [5.74, 6) is -0.741. The first-order valence-corrected chi connectivity index (χ1v) is 7.44. The Hall–Kier alpha value is -0.940. The molecule has 0 aliphatic rings. The third-order valence-electron chi connectivity index (χ3n) is 3.05. The van der Waals surface area contributed by atoms with E-state index < -0.39 is 5.97 Å². The number of nitrogens with zero attached hydrogens (tertiary/aromatic N) is 1. The highest BCUT2D eigenvalue weighted by Gasteiger charge is 2.20. The molecule has 0 spiro atoms. The van der Waals surface area contributed by atoms with E-state index in [1.165, 1.54) is 0 Å². The summed E-state index contributed by atoms with van der Waals surface area (Å²) >= 11 is 6.84. The third kappa shape index (κ3) is 2.54. The Bertz CT molecular complexity index is 681. The molecular formula is C14H13Br2NO2. The molecule has 0 unspecified atom stereocenters. The monoisotopic (exact) mass is 385 g/mol. The summed E-state index contributed by atoms with van der Waals surface area (Å²) in [6, 6.07) is 3.67. The number of carbonyl (C=O) groups is 1. The fraction of sp³-hybridized carbons (Fsp3) is 0.286. The van der Waals surface area contributed by atoms with Gasteiger partial charge in [0.1, 0.15) is 0 Å². The first-order valence-electron chi connectivity index (χ1n) is 5.85. The molecule has 2 aromatic rings. The number of carboxylic acids is 1. The Morgan fingerprint density at radius 2 is 1.95 bits per heavy atom. The van der Waals surface area contributed by atoms with Gasteiger partial charge in [-0.05, 0) is 46.5 Å². The van der Waals surface area contributed by atoms with Gasteiger partial charge in [-0.3, -0.25) is 4.98 Å². The number of aromatic carboxylic acids is 1. The predicted octanol–water partition coefficient (Wildman–Crippen LogP) is 4.89. The van der Waals surface area contributed by atoms with Crippen LogP contribution in [0.5, 0.6) is 0 Å². The van der Waals surface area contributed by atoms with Gasteiger partial charge in [0.25, 0.3) is 0 Å². The highest BCUT2D eigenvalue weighted by Crippen LogP contribution is 2.33. The molecular weight excluding hydrogens is 374 g/mol. The average molecular weight is 387 g/mol. The molecule has 0 aliphatic carbocycles. The first-order chi connectivity index (χ1) is 8.82. The van der Waals surface area contributed by atoms with Crippen molar-refractivity contribution in [3.63, 3.8) is 0 Å². The van der Waals surface area contributed by atoms with Crippen molar-refractivity contribution in [2.45, 2.75) is 26.7 Å². The van der Waals surface area contributed by atoms with E-state index in [1.54, 1.807) is 6.07 Å². The van der Waals surface area contributed by atoms with E-state index in [-0.39, 0.29) is 5.92 Å². The molecule has 5 heteroatoms. The second-order valence-corrected chi connectivity index (χ2v) is 6.51. The minimum atomic E-state index is -0.920. The van der Waals surface area contributed by atoms with Gasteiger partial charge in [-0.2, -0.15) is 0 Å². The van der Waals surface area contributed by atoms with Gasteiger partial charge < -0.3 is 5.11 Å². The second kappa shape index (κ2) is 5.21. The Morgan fingerprint density at radius 1 is 1.32 bits per heavy atom. The van der Waals surface area contributed by atoms with Crippen LogP contribution < -0.4 is 0 Å². The molecule has 0 radical (unpaired) electrons. The number of aromatic nitrogens is 1. The summed E-state index contributed by atoms with van der Waals surface area (Å²) in [5, 5.41) is 10.1. The molecule has 2 rings (SSSR count). The van der Waals surface area contributed by atoms with Crippen LogP contribution in [-0.4, -0.2) is 16.1 Å². The summed E-state index contributed by atoms with van der Waals surface area (Å²) in [6.07, 6.45) is 0. The molecule has 100 valence electrons. The van der Waals surface area contributed by atoms with Gasteiger partial charge in [-0.15, -0.1) is 0 Å². The van der Waals surface area contributed by atoms with Gasteiger partial charge in [-0.25, -0.2) is 4.79 Å². The SMILES string of the molecule is Cc1c(C(C)C)nc2c(Br)cc(Br)cc2c1C(=O)O. The Kier molecular flexibility index (Phi) is 3.97. The Morgan fingerprint density at radius 3 is 2.47 bits per heavy atom. The average Bonchev–Trinajstić information content (AvgIpc) is 2.26. The normalized spacial score (nSPS) is 11.3. The number of halogens is 2. The quantitative estimate of drug-likeness (QED) is 0.799. The summed E-state index contributed by atoms with van der Waals surface area (Å²) in [5.41, 5.74) is 2.58. The molecule has 3 nitrogen and oxygen atoms in total. The molecule has 1 N–H and O–H groups in total. The van der Waals surface area contributed by atoms with Crippen molar-refractivity contribution in [2.24, 2.45) is 0 Å². The van der Waals surface area contributed by atoms with Gasteiger partial charge in [0, 0.05) is 20.0 Å². The molecule has 0 saturated heterocycles.